The second-order valence-corrected chi connectivity index (χ2v) is 5.34. The van der Waals surface area contributed by atoms with Crippen LogP contribution in [0.15, 0.2) is 47.5 Å². The largest absolute Gasteiger partial charge is 0.434 e. The zero-order valence-corrected chi connectivity index (χ0v) is 13.1. The molecule has 0 spiro atoms. The topological polar surface area (TPSA) is 64.7 Å². The van der Waals surface area contributed by atoms with E-state index in [1.54, 1.807) is 12.1 Å². The summed E-state index contributed by atoms with van der Waals surface area (Å²) in [6, 6.07) is 10.5. The summed E-state index contributed by atoms with van der Waals surface area (Å²) in [5, 5.41) is 10.8. The van der Waals surface area contributed by atoms with E-state index in [0.29, 0.717) is 5.69 Å². The molecule has 0 aliphatic carbocycles. The summed E-state index contributed by atoms with van der Waals surface area (Å²) >= 11 is 2.14. The summed E-state index contributed by atoms with van der Waals surface area (Å²) in [4.78, 5) is 14.3. The fourth-order valence-electron chi connectivity index (χ4n) is 1.62. The number of rotatable bonds is 5. The molecule has 5 nitrogen and oxygen atoms in total. The van der Waals surface area contributed by atoms with Crippen LogP contribution in [0.25, 0.3) is 0 Å². The molecule has 0 N–H and O–H groups in total. The van der Waals surface area contributed by atoms with Crippen molar-refractivity contribution in [2.24, 2.45) is 4.99 Å². The predicted octanol–water partition coefficient (Wildman–Crippen LogP) is 4.55. The van der Waals surface area contributed by atoms with Crippen LogP contribution in [-0.2, 0) is 0 Å². The van der Waals surface area contributed by atoms with E-state index >= 15 is 0 Å². The number of benzene rings is 2. The van der Waals surface area contributed by atoms with Crippen molar-refractivity contribution >= 4 is 40.2 Å². The van der Waals surface area contributed by atoms with Crippen molar-refractivity contribution in [3.8, 4) is 5.75 Å². The van der Waals surface area contributed by atoms with Crippen LogP contribution in [0.1, 0.15) is 5.56 Å². The minimum absolute atomic E-state index is 0.105. The standard InChI is InChI=1S/C14H9F2IN2O3/c15-14(16)22-13-6-5-12(19(20)21)7-9(13)8-18-11-3-1-10(17)2-4-11/h1-8,14H. The second-order valence-electron chi connectivity index (χ2n) is 4.09. The lowest BCUT2D eigenvalue weighted by Crippen LogP contribution is -2.04. The lowest BCUT2D eigenvalue weighted by Gasteiger charge is -2.07. The van der Waals surface area contributed by atoms with Crippen molar-refractivity contribution in [1.82, 2.24) is 0 Å². The molecule has 0 aliphatic heterocycles. The van der Waals surface area contributed by atoms with Gasteiger partial charge in [-0.2, -0.15) is 8.78 Å². The molecule has 0 radical (unpaired) electrons. The Balaban J connectivity index is 2.35. The van der Waals surface area contributed by atoms with Gasteiger partial charge in [-0.05, 0) is 52.9 Å². The zero-order valence-electron chi connectivity index (χ0n) is 10.9. The highest BCUT2D eigenvalue weighted by Gasteiger charge is 2.13. The average Bonchev–Trinajstić information content (AvgIpc) is 2.47. The SMILES string of the molecule is O=[N+]([O-])c1ccc(OC(F)F)c(C=Nc2ccc(I)cc2)c1. The Kier molecular flexibility index (Phi) is 5.36. The molecule has 0 saturated carbocycles. The smallest absolute Gasteiger partial charge is 0.387 e. The van der Waals surface area contributed by atoms with Crippen LogP contribution in [0.2, 0.25) is 0 Å². The van der Waals surface area contributed by atoms with Crippen molar-refractivity contribution in [2.45, 2.75) is 6.61 Å². The van der Waals surface area contributed by atoms with Crippen LogP contribution in [0, 0.1) is 13.7 Å². The Morgan fingerprint density at radius 3 is 2.50 bits per heavy atom. The molecule has 0 aliphatic rings. The first-order chi connectivity index (χ1) is 10.5. The third-order valence-electron chi connectivity index (χ3n) is 2.60. The van der Waals surface area contributed by atoms with Gasteiger partial charge in [0.25, 0.3) is 5.69 Å². The summed E-state index contributed by atoms with van der Waals surface area (Å²) < 4.78 is 30.1. The maximum Gasteiger partial charge on any atom is 0.387 e. The van der Waals surface area contributed by atoms with Gasteiger partial charge < -0.3 is 4.74 Å². The van der Waals surface area contributed by atoms with Crippen molar-refractivity contribution in [3.05, 3.63) is 61.7 Å². The zero-order chi connectivity index (χ0) is 16.1. The highest BCUT2D eigenvalue weighted by Crippen LogP contribution is 2.25. The Morgan fingerprint density at radius 1 is 1.23 bits per heavy atom. The maximum absolute atomic E-state index is 12.4. The van der Waals surface area contributed by atoms with Crippen molar-refractivity contribution in [2.75, 3.05) is 0 Å². The summed E-state index contributed by atoms with van der Waals surface area (Å²) in [6.45, 7) is -3.02. The monoisotopic (exact) mass is 418 g/mol. The molecular formula is C14H9F2IN2O3. The molecule has 8 heteroatoms. The van der Waals surface area contributed by atoms with Crippen LogP contribution in [-0.4, -0.2) is 17.7 Å². The lowest BCUT2D eigenvalue weighted by molar-refractivity contribution is -0.384. The Morgan fingerprint density at radius 2 is 1.91 bits per heavy atom. The van der Waals surface area contributed by atoms with Gasteiger partial charge in [-0.1, -0.05) is 0 Å². The number of halogens is 3. The lowest BCUT2D eigenvalue weighted by atomic mass is 10.2. The van der Waals surface area contributed by atoms with Crippen LogP contribution >= 0.6 is 22.6 Å². The first kappa shape index (κ1) is 16.3. The van der Waals surface area contributed by atoms with E-state index in [4.69, 9.17) is 0 Å². The quantitative estimate of drug-likeness (QED) is 0.310. The molecule has 2 aromatic carbocycles. The predicted molar refractivity (Wildman–Crippen MR) is 86.1 cm³/mol. The van der Waals surface area contributed by atoms with Gasteiger partial charge in [-0.25, -0.2) is 0 Å². The van der Waals surface area contributed by atoms with Crippen LogP contribution in [0.5, 0.6) is 5.75 Å². The number of nitro benzene ring substituents is 1. The molecule has 2 rings (SSSR count). The minimum Gasteiger partial charge on any atom is -0.434 e. The van der Waals surface area contributed by atoms with E-state index in [2.05, 4.69) is 32.3 Å². The van der Waals surface area contributed by atoms with Gasteiger partial charge in [-0.3, -0.25) is 15.1 Å². The normalized spacial score (nSPS) is 11.1. The molecule has 0 atom stereocenters. The first-order valence-electron chi connectivity index (χ1n) is 5.98. The molecule has 0 heterocycles. The summed E-state index contributed by atoms with van der Waals surface area (Å²) in [5.74, 6) is -0.171. The highest BCUT2D eigenvalue weighted by atomic mass is 127. The van der Waals surface area contributed by atoms with Gasteiger partial charge in [0, 0.05) is 27.5 Å². The minimum atomic E-state index is -3.02. The molecule has 0 unspecified atom stereocenters. The Bertz CT molecular complexity index is 706. The number of hydrogen-bond acceptors (Lipinski definition) is 4. The molecule has 0 amide bonds. The second kappa shape index (κ2) is 7.25. The van der Waals surface area contributed by atoms with E-state index < -0.39 is 11.5 Å². The summed E-state index contributed by atoms with van der Waals surface area (Å²) in [5.41, 5.74) is 0.466. The number of aliphatic imine (C=N–C) groups is 1. The number of non-ortho nitro benzene ring substituents is 1. The Hall–Kier alpha value is -2.10. The van der Waals surface area contributed by atoms with Gasteiger partial charge >= 0.3 is 6.61 Å². The summed E-state index contributed by atoms with van der Waals surface area (Å²) in [7, 11) is 0. The molecule has 0 fully saturated rings. The molecule has 22 heavy (non-hydrogen) atoms. The molecule has 0 aromatic heterocycles. The van der Waals surface area contributed by atoms with Gasteiger partial charge in [0.05, 0.1) is 10.6 Å². The molecule has 0 bridgehead atoms. The molecular weight excluding hydrogens is 409 g/mol. The fourth-order valence-corrected chi connectivity index (χ4v) is 1.98. The third kappa shape index (κ3) is 4.45. The number of nitrogens with zero attached hydrogens (tertiary/aromatic N) is 2. The van der Waals surface area contributed by atoms with E-state index in [0.717, 1.165) is 21.8 Å². The summed E-state index contributed by atoms with van der Waals surface area (Å²) in [6.07, 6.45) is 1.26. The van der Waals surface area contributed by atoms with E-state index in [1.807, 2.05) is 12.1 Å². The number of ether oxygens (including phenoxy) is 1. The highest BCUT2D eigenvalue weighted by molar-refractivity contribution is 14.1. The Labute approximate surface area is 137 Å². The van der Waals surface area contributed by atoms with Crippen LogP contribution in [0.4, 0.5) is 20.2 Å². The van der Waals surface area contributed by atoms with Crippen LogP contribution < -0.4 is 4.74 Å². The molecule has 0 saturated heterocycles. The first-order valence-corrected chi connectivity index (χ1v) is 7.06. The molecule has 114 valence electrons. The van der Waals surface area contributed by atoms with E-state index in [-0.39, 0.29) is 17.0 Å². The third-order valence-corrected chi connectivity index (χ3v) is 3.32. The number of hydrogen-bond donors (Lipinski definition) is 0. The van der Waals surface area contributed by atoms with Gasteiger partial charge in [-0.15, -0.1) is 0 Å². The van der Waals surface area contributed by atoms with Crippen molar-refractivity contribution in [3.63, 3.8) is 0 Å². The fraction of sp³-hybridized carbons (Fsp3) is 0.0714. The van der Waals surface area contributed by atoms with E-state index in [1.165, 1.54) is 6.21 Å². The maximum atomic E-state index is 12.4. The van der Waals surface area contributed by atoms with E-state index in [9.17, 15) is 18.9 Å². The molecule has 2 aromatic rings. The van der Waals surface area contributed by atoms with Gasteiger partial charge in [0.2, 0.25) is 0 Å². The van der Waals surface area contributed by atoms with Crippen molar-refractivity contribution in [1.29, 1.82) is 0 Å². The number of alkyl halides is 2. The van der Waals surface area contributed by atoms with Crippen LogP contribution in [0.3, 0.4) is 0 Å². The average molecular weight is 418 g/mol. The van der Waals surface area contributed by atoms with Gasteiger partial charge in [0.1, 0.15) is 5.75 Å². The number of nitro groups is 1. The van der Waals surface area contributed by atoms with Gasteiger partial charge in [0.15, 0.2) is 0 Å². The van der Waals surface area contributed by atoms with Crippen molar-refractivity contribution < 1.29 is 18.4 Å².